The van der Waals surface area contributed by atoms with E-state index in [1.54, 1.807) is 16.7 Å². The number of nitrogens with zero attached hydrogens (tertiary/aromatic N) is 2. The number of fused-ring (bicyclic) bond motifs is 6. The van der Waals surface area contributed by atoms with Gasteiger partial charge in [0.15, 0.2) is 0 Å². The van der Waals surface area contributed by atoms with E-state index in [2.05, 4.69) is 205 Å². The zero-order valence-corrected chi connectivity index (χ0v) is 45.3. The zero-order valence-electron chi connectivity index (χ0n) is 44.5. The molecule has 10 rings (SSSR count). The zero-order chi connectivity index (χ0) is 48.0. The summed E-state index contributed by atoms with van der Waals surface area (Å²) in [6.07, 6.45) is 20.0. The van der Waals surface area contributed by atoms with E-state index in [0.29, 0.717) is 5.92 Å². The Morgan fingerprint density at radius 1 is 0.642 bits per heavy atom. The summed E-state index contributed by atoms with van der Waals surface area (Å²) in [5, 5.41) is 1.44. The Balaban J connectivity index is 1.34. The molecule has 352 valence electrons. The van der Waals surface area contributed by atoms with Crippen LogP contribution in [0.2, 0.25) is 0 Å². The molecular weight excluding hydrogens is 828 g/mol. The first kappa shape index (κ1) is 46.7. The highest BCUT2D eigenvalue weighted by Gasteiger charge is 2.47. The minimum absolute atomic E-state index is 0.0747. The van der Waals surface area contributed by atoms with Crippen LogP contribution in [0.25, 0.3) is 10.1 Å². The Bertz CT molecular complexity index is 2870. The molecule has 67 heavy (non-hydrogen) atoms. The minimum atomic E-state index is 0.0747. The fourth-order valence-corrected chi connectivity index (χ4v) is 14.3. The van der Waals surface area contributed by atoms with E-state index in [4.69, 9.17) is 0 Å². The Morgan fingerprint density at radius 3 is 1.81 bits per heavy atom. The summed E-state index contributed by atoms with van der Waals surface area (Å²) < 4.78 is 2.93. The summed E-state index contributed by atoms with van der Waals surface area (Å²) in [4.78, 5) is 5.47. The topological polar surface area (TPSA) is 6.48 Å². The highest BCUT2D eigenvalue weighted by atomic mass is 32.1. The third-order valence-electron chi connectivity index (χ3n) is 17.6. The predicted octanol–water partition coefficient (Wildman–Crippen LogP) is 17.5. The molecule has 4 heteroatoms. The summed E-state index contributed by atoms with van der Waals surface area (Å²) in [5.74, 6) is 0.555. The molecule has 0 amide bonds. The highest BCUT2D eigenvalue weighted by molar-refractivity contribution is 7.33. The first-order valence-electron chi connectivity index (χ1n) is 26.3. The fraction of sp³-hybridized carbons (Fsp3) is 0.524. The van der Waals surface area contributed by atoms with Crippen molar-refractivity contribution in [3.8, 4) is 0 Å². The second-order valence-electron chi connectivity index (χ2n) is 26.9. The van der Waals surface area contributed by atoms with Crippen LogP contribution in [0.1, 0.15) is 212 Å². The van der Waals surface area contributed by atoms with Crippen LogP contribution in [-0.2, 0) is 27.1 Å². The molecule has 5 aliphatic rings. The van der Waals surface area contributed by atoms with E-state index in [9.17, 15) is 0 Å². The number of benzene rings is 4. The number of thiophene rings is 1. The van der Waals surface area contributed by atoms with Crippen LogP contribution in [-0.4, -0.2) is 6.71 Å². The summed E-state index contributed by atoms with van der Waals surface area (Å²) in [7, 11) is 0. The highest BCUT2D eigenvalue weighted by Crippen LogP contribution is 2.55. The van der Waals surface area contributed by atoms with Crippen molar-refractivity contribution in [2.75, 3.05) is 9.80 Å². The number of allylic oxidation sites excluding steroid dienone is 3. The van der Waals surface area contributed by atoms with E-state index in [-0.39, 0.29) is 39.2 Å². The summed E-state index contributed by atoms with van der Waals surface area (Å²) in [5.41, 5.74) is 22.2. The SMILES string of the molecule is Cc1cc(C(C)(C)C)ccc1N1C=C(/C=C\CC(C)(C)C)B2c3sc4cc5c(cc4c3N(c3cc4c(cc3C)C(C)(C)CCC4(C)C)c3cc(C4CCCCC4)cc1c32)C(C)(C)CCC5(C)C. The van der Waals surface area contributed by atoms with Crippen LogP contribution in [0.4, 0.5) is 28.4 Å². The lowest BCUT2D eigenvalue weighted by molar-refractivity contribution is 0.332. The number of hydrogen-bond donors (Lipinski definition) is 0. The van der Waals surface area contributed by atoms with E-state index in [1.165, 1.54) is 140 Å². The Kier molecular flexibility index (Phi) is 11.0. The van der Waals surface area contributed by atoms with Gasteiger partial charge < -0.3 is 9.80 Å². The van der Waals surface area contributed by atoms with Crippen LogP contribution >= 0.6 is 11.3 Å². The van der Waals surface area contributed by atoms with Gasteiger partial charge in [-0.2, -0.15) is 0 Å². The van der Waals surface area contributed by atoms with Crippen LogP contribution in [0, 0.1) is 19.3 Å². The van der Waals surface area contributed by atoms with E-state index >= 15 is 0 Å². The second-order valence-corrected chi connectivity index (χ2v) is 28.0. The lowest BCUT2D eigenvalue weighted by Gasteiger charge is -2.45. The number of aryl methyl sites for hydroxylation is 2. The van der Waals surface area contributed by atoms with Crippen molar-refractivity contribution >= 4 is 66.8 Å². The molecule has 0 unspecified atom stereocenters. The van der Waals surface area contributed by atoms with Crippen LogP contribution < -0.4 is 20.0 Å². The molecule has 1 fully saturated rings. The van der Waals surface area contributed by atoms with E-state index < -0.39 is 0 Å². The smallest absolute Gasteiger partial charge is 0.263 e. The summed E-state index contributed by atoms with van der Waals surface area (Å²) in [6, 6.07) is 23.3. The molecule has 1 saturated carbocycles. The van der Waals surface area contributed by atoms with Gasteiger partial charge in [0.05, 0.1) is 5.69 Å². The third kappa shape index (κ3) is 7.90. The molecular formula is C63H81BN2S. The first-order valence-corrected chi connectivity index (χ1v) is 27.1. The average Bonchev–Trinajstić information content (AvgIpc) is 3.62. The minimum Gasteiger partial charge on any atom is -0.318 e. The van der Waals surface area contributed by atoms with Gasteiger partial charge in [0.1, 0.15) is 0 Å². The van der Waals surface area contributed by atoms with Crippen molar-refractivity contribution in [3.63, 3.8) is 0 Å². The summed E-state index contributed by atoms with van der Waals surface area (Å²) in [6.45, 7) is 39.0. The molecule has 3 heterocycles. The van der Waals surface area contributed by atoms with Crippen molar-refractivity contribution < 1.29 is 0 Å². The van der Waals surface area contributed by atoms with Gasteiger partial charge >= 0.3 is 0 Å². The lowest BCUT2D eigenvalue weighted by atomic mass is 9.36. The molecule has 0 N–H and O–H groups in total. The molecule has 0 atom stereocenters. The van der Waals surface area contributed by atoms with Gasteiger partial charge in [-0.05, 0) is 184 Å². The Labute approximate surface area is 410 Å². The number of anilines is 5. The fourth-order valence-electron chi connectivity index (χ4n) is 12.9. The lowest BCUT2D eigenvalue weighted by Crippen LogP contribution is -2.53. The van der Waals surface area contributed by atoms with E-state index in [0.717, 1.165) is 6.42 Å². The maximum Gasteiger partial charge on any atom is 0.263 e. The van der Waals surface area contributed by atoms with Gasteiger partial charge in [0.2, 0.25) is 0 Å². The first-order chi connectivity index (χ1) is 31.3. The van der Waals surface area contributed by atoms with Crippen molar-refractivity contribution in [1.82, 2.24) is 0 Å². The molecule has 1 aromatic heterocycles. The average molecular weight is 909 g/mol. The molecule has 0 radical (unpaired) electrons. The van der Waals surface area contributed by atoms with Gasteiger partial charge in [-0.3, -0.25) is 0 Å². The Morgan fingerprint density at radius 2 is 1.21 bits per heavy atom. The summed E-state index contributed by atoms with van der Waals surface area (Å²) >= 11 is 2.09. The van der Waals surface area contributed by atoms with Gasteiger partial charge in [0.25, 0.3) is 6.71 Å². The molecule has 0 saturated heterocycles. The van der Waals surface area contributed by atoms with Crippen molar-refractivity contribution in [2.45, 2.75) is 208 Å². The monoisotopic (exact) mass is 909 g/mol. The normalized spacial score (nSPS) is 20.7. The predicted molar refractivity (Wildman–Crippen MR) is 296 cm³/mol. The van der Waals surface area contributed by atoms with Gasteiger partial charge in [-0.1, -0.05) is 152 Å². The maximum atomic E-state index is 2.84. The maximum absolute atomic E-state index is 2.84. The molecule has 3 aliphatic carbocycles. The van der Waals surface area contributed by atoms with Crippen molar-refractivity contribution in [3.05, 3.63) is 123 Å². The largest absolute Gasteiger partial charge is 0.318 e. The standard InChI is InChI=1S/C63H81BN2S/c1-39-31-43(59(6,7)8)24-25-50(39)65-38-44(23-20-26-58(3,4)5)64-55-52(65)33-42(41-21-18-17-19-22-41)34-53(55)66(51-36-48-46(32-40(51)2)60(9,10)27-29-62(48,13)14)56-45-35-47-49(37-54(45)67-57(56)64)63(15,16)30-28-61(47,11)12/h20,23-25,31-38,41H,17-19,21-22,26-30H2,1-16H3/b23-20-. The number of rotatable bonds is 5. The second kappa shape index (κ2) is 15.7. The van der Waals surface area contributed by atoms with Crippen LogP contribution in [0.5, 0.6) is 0 Å². The van der Waals surface area contributed by atoms with Gasteiger partial charge in [-0.15, -0.1) is 11.3 Å². The third-order valence-corrected chi connectivity index (χ3v) is 18.8. The van der Waals surface area contributed by atoms with Crippen LogP contribution in [0.3, 0.4) is 0 Å². The number of hydrogen-bond acceptors (Lipinski definition) is 3. The molecule has 0 spiro atoms. The quantitative estimate of drug-likeness (QED) is 0.162. The molecule has 0 bridgehead atoms. The molecule has 2 nitrogen and oxygen atoms in total. The molecule has 4 aromatic carbocycles. The van der Waals surface area contributed by atoms with Crippen molar-refractivity contribution in [2.24, 2.45) is 5.41 Å². The van der Waals surface area contributed by atoms with Crippen LogP contribution in [0.15, 0.2) is 78.4 Å². The van der Waals surface area contributed by atoms with Crippen molar-refractivity contribution in [1.29, 1.82) is 0 Å². The molecule has 5 aromatic rings. The molecule has 2 aliphatic heterocycles. The van der Waals surface area contributed by atoms with Gasteiger partial charge in [-0.25, -0.2) is 0 Å². The Hall–Kier alpha value is -4.02. The van der Waals surface area contributed by atoms with Gasteiger partial charge in [0, 0.05) is 43.8 Å². The van der Waals surface area contributed by atoms with E-state index in [1.807, 2.05) is 0 Å².